The largest absolute Gasteiger partial charge is 0.302 e. The number of amides is 1. The number of fused-ring (bicyclic) bond motifs is 2. The molecule has 2 N–H and O–H groups in total. The van der Waals surface area contributed by atoms with Crippen molar-refractivity contribution in [2.24, 2.45) is 5.92 Å². The van der Waals surface area contributed by atoms with E-state index in [-0.39, 0.29) is 22.5 Å². The van der Waals surface area contributed by atoms with Crippen molar-refractivity contribution < 1.29 is 22.0 Å². The van der Waals surface area contributed by atoms with Crippen molar-refractivity contribution in [2.75, 3.05) is 11.6 Å². The zero-order valence-corrected chi connectivity index (χ0v) is 18.1. The van der Waals surface area contributed by atoms with Crippen molar-refractivity contribution >= 4 is 64.9 Å². The molecule has 0 bridgehead atoms. The number of carbonyl (C=O) groups is 1. The Morgan fingerprint density at radius 1 is 1.39 bits per heavy atom. The summed E-state index contributed by atoms with van der Waals surface area (Å²) in [5.41, 5.74) is 1.43. The van der Waals surface area contributed by atoms with Crippen LogP contribution in [0.2, 0.25) is 5.02 Å². The summed E-state index contributed by atoms with van der Waals surface area (Å²) in [6.07, 6.45) is 1.39. The number of sulfone groups is 1. The number of rotatable bonds is 4. The maximum Gasteiger partial charge on any atom is 0.232 e. The maximum absolute atomic E-state index is 15.0. The average Bonchev–Trinajstić information content (AvgIpc) is 3.07. The van der Waals surface area contributed by atoms with Crippen LogP contribution in [0.1, 0.15) is 6.42 Å². The highest BCUT2D eigenvalue weighted by Gasteiger charge is 2.43. The Morgan fingerprint density at radius 2 is 2.13 bits per heavy atom. The highest BCUT2D eigenvalue weighted by molar-refractivity contribution is 7.91. The van der Waals surface area contributed by atoms with Crippen LogP contribution in [0, 0.1) is 11.7 Å². The Hall–Kier alpha value is -2.63. The number of anilines is 1. The number of hydrogen-bond donors (Lipinski definition) is 2. The third-order valence-electron chi connectivity index (χ3n) is 5.07. The summed E-state index contributed by atoms with van der Waals surface area (Å²) in [5.74, 6) is -2.10. The molecule has 0 spiro atoms. The Morgan fingerprint density at radius 3 is 2.81 bits per heavy atom. The minimum Gasteiger partial charge on any atom is -0.302 e. The highest BCUT2D eigenvalue weighted by Crippen LogP contribution is 2.42. The molecule has 7 nitrogen and oxygen atoms in total. The summed E-state index contributed by atoms with van der Waals surface area (Å²) >= 11 is 7.45. The van der Waals surface area contributed by atoms with E-state index in [4.69, 9.17) is 11.6 Å². The summed E-state index contributed by atoms with van der Waals surface area (Å²) in [6.45, 7) is 0. The van der Waals surface area contributed by atoms with Crippen molar-refractivity contribution in [3.8, 4) is 11.1 Å². The second-order valence-corrected chi connectivity index (χ2v) is 10.7. The lowest BCUT2D eigenvalue weighted by atomic mass is 10.0. The molecule has 4 aromatic rings. The van der Waals surface area contributed by atoms with E-state index in [0.29, 0.717) is 26.3 Å². The Bertz CT molecular complexity index is 1500. The molecule has 2 aromatic carbocycles. The van der Waals surface area contributed by atoms with Gasteiger partial charge >= 0.3 is 0 Å². The number of aromatic nitrogens is 3. The topological polar surface area (TPSA) is 105 Å². The molecular weight excluding hydrogens is 470 g/mol. The summed E-state index contributed by atoms with van der Waals surface area (Å²) < 4.78 is 52.9. The normalized spacial score (nSPS) is 18.6. The van der Waals surface area contributed by atoms with Crippen LogP contribution < -0.4 is 5.32 Å². The van der Waals surface area contributed by atoms with Gasteiger partial charge in [0.2, 0.25) is 5.91 Å². The van der Waals surface area contributed by atoms with E-state index >= 15 is 0 Å². The van der Waals surface area contributed by atoms with Gasteiger partial charge in [0.05, 0.1) is 32.9 Å². The lowest BCUT2D eigenvalue weighted by Crippen LogP contribution is -2.14. The minimum atomic E-state index is -3.91. The quantitative estimate of drug-likeness (QED) is 0.450. The lowest BCUT2D eigenvalue weighted by molar-refractivity contribution is -0.117. The van der Waals surface area contributed by atoms with E-state index in [1.54, 1.807) is 18.2 Å². The molecule has 12 heteroatoms. The fraction of sp³-hybridized carbons (Fsp3) is 0.211. The Kier molecular flexibility index (Phi) is 4.54. The molecule has 1 saturated carbocycles. The monoisotopic (exact) mass is 482 g/mol. The van der Waals surface area contributed by atoms with Crippen molar-refractivity contribution in [3.63, 3.8) is 0 Å². The van der Waals surface area contributed by atoms with Crippen LogP contribution in [0.5, 0.6) is 0 Å². The van der Waals surface area contributed by atoms with Crippen molar-refractivity contribution in [3.05, 3.63) is 35.2 Å². The number of H-pyrrole nitrogens is 1. The number of hydrogen-bond acceptors (Lipinski definition) is 6. The standard InChI is InChI=1S/C19H13ClF2N4O3S2/c1-31(28,29)17-15(22)14(20)13(9-6-23-26-16(9)17)7-2-3-11-12(4-7)30-19(24-11)25-18(27)8-5-10(8)21/h2-4,6,8,10H,5H2,1H3,(H,23,26)(H,24,25,27)/t8-,10+/m1/s1. The zero-order chi connectivity index (χ0) is 22.1. The number of nitrogens with one attached hydrogen (secondary N) is 2. The molecule has 160 valence electrons. The predicted octanol–water partition coefficient (Wildman–Crippen LogP) is 4.33. The molecule has 1 aliphatic carbocycles. The molecule has 0 radical (unpaired) electrons. The van der Waals surface area contributed by atoms with Gasteiger partial charge in [-0.3, -0.25) is 9.89 Å². The van der Waals surface area contributed by atoms with Crippen molar-refractivity contribution in [2.45, 2.75) is 17.5 Å². The van der Waals surface area contributed by atoms with Gasteiger partial charge < -0.3 is 5.32 Å². The van der Waals surface area contributed by atoms with E-state index in [1.165, 1.54) is 17.5 Å². The van der Waals surface area contributed by atoms with Gasteiger partial charge in [0.1, 0.15) is 11.1 Å². The number of benzene rings is 2. The molecule has 2 atom stereocenters. The molecule has 1 fully saturated rings. The van der Waals surface area contributed by atoms with E-state index in [1.807, 2.05) is 0 Å². The molecule has 2 heterocycles. The first-order valence-corrected chi connectivity index (χ1v) is 12.1. The molecule has 2 aromatic heterocycles. The molecule has 1 aliphatic rings. The second-order valence-electron chi connectivity index (χ2n) is 7.31. The van der Waals surface area contributed by atoms with E-state index < -0.39 is 38.5 Å². The van der Waals surface area contributed by atoms with Crippen LogP contribution in [0.4, 0.5) is 13.9 Å². The van der Waals surface area contributed by atoms with E-state index in [2.05, 4.69) is 20.5 Å². The van der Waals surface area contributed by atoms with Crippen LogP contribution in [-0.2, 0) is 14.6 Å². The van der Waals surface area contributed by atoms with Gasteiger partial charge in [-0.25, -0.2) is 22.2 Å². The van der Waals surface area contributed by atoms with Gasteiger partial charge in [-0.1, -0.05) is 29.0 Å². The molecule has 5 rings (SSSR count). The summed E-state index contributed by atoms with van der Waals surface area (Å²) in [5, 5.41) is 9.37. The third-order valence-corrected chi connectivity index (χ3v) is 7.49. The Balaban J connectivity index is 1.62. The van der Waals surface area contributed by atoms with Crippen molar-refractivity contribution in [1.29, 1.82) is 0 Å². The maximum atomic E-state index is 15.0. The van der Waals surface area contributed by atoms with Gasteiger partial charge in [0.15, 0.2) is 20.8 Å². The van der Waals surface area contributed by atoms with Crippen LogP contribution in [0.15, 0.2) is 29.3 Å². The fourth-order valence-corrected chi connectivity index (χ4v) is 5.71. The number of alkyl halides is 1. The molecule has 0 aliphatic heterocycles. The van der Waals surface area contributed by atoms with Crippen LogP contribution in [-0.4, -0.2) is 41.9 Å². The second kappa shape index (κ2) is 6.94. The molecular formula is C19H13ClF2N4O3S2. The first kappa shape index (κ1) is 20.3. The average molecular weight is 483 g/mol. The van der Waals surface area contributed by atoms with Gasteiger partial charge in [-0.05, 0) is 24.1 Å². The summed E-state index contributed by atoms with van der Waals surface area (Å²) in [7, 11) is -3.91. The zero-order valence-electron chi connectivity index (χ0n) is 15.7. The van der Waals surface area contributed by atoms with Gasteiger partial charge in [0.25, 0.3) is 0 Å². The molecule has 0 saturated heterocycles. The number of halogens is 3. The summed E-state index contributed by atoms with van der Waals surface area (Å²) in [6, 6.07) is 5.06. The van der Waals surface area contributed by atoms with Crippen molar-refractivity contribution in [1.82, 2.24) is 15.2 Å². The van der Waals surface area contributed by atoms with E-state index in [9.17, 15) is 22.0 Å². The lowest BCUT2D eigenvalue weighted by Gasteiger charge is -2.11. The van der Waals surface area contributed by atoms with Crippen LogP contribution >= 0.6 is 22.9 Å². The van der Waals surface area contributed by atoms with E-state index in [0.717, 1.165) is 6.26 Å². The fourth-order valence-electron chi connectivity index (χ4n) is 3.48. The van der Waals surface area contributed by atoms with Gasteiger partial charge in [0, 0.05) is 17.2 Å². The van der Waals surface area contributed by atoms with Crippen LogP contribution in [0.3, 0.4) is 0 Å². The van der Waals surface area contributed by atoms with Gasteiger partial charge in [-0.15, -0.1) is 0 Å². The number of carbonyl (C=O) groups excluding carboxylic acids is 1. The molecule has 31 heavy (non-hydrogen) atoms. The first-order valence-electron chi connectivity index (χ1n) is 9.05. The number of nitrogens with zero attached hydrogens (tertiary/aromatic N) is 2. The minimum absolute atomic E-state index is 0.0296. The number of aromatic amines is 1. The molecule has 1 amide bonds. The third kappa shape index (κ3) is 3.36. The first-order chi connectivity index (χ1) is 14.6. The number of thiazole rings is 1. The van der Waals surface area contributed by atoms with Crippen LogP contribution in [0.25, 0.3) is 32.2 Å². The SMILES string of the molecule is CS(=O)(=O)c1c(F)c(Cl)c(-c2ccc3nc(NC(=O)[C@@H]4C[C@@H]4F)sc3c2)c2cn[nH]c12. The molecule has 0 unspecified atom stereocenters. The van der Waals surface area contributed by atoms with Gasteiger partial charge in [-0.2, -0.15) is 5.10 Å². The summed E-state index contributed by atoms with van der Waals surface area (Å²) in [4.78, 5) is 15.7. The predicted molar refractivity (Wildman–Crippen MR) is 114 cm³/mol. The highest BCUT2D eigenvalue weighted by atomic mass is 35.5. The smallest absolute Gasteiger partial charge is 0.232 e. The Labute approximate surface area is 183 Å².